The third-order valence-electron chi connectivity index (χ3n) is 3.20. The first-order valence-corrected chi connectivity index (χ1v) is 7.56. The number of thiocarbonyl (C=S) groups is 1. The molecule has 0 aromatic heterocycles. The number of carbonyl (C=O) groups excluding carboxylic acids is 2. The average Bonchev–Trinajstić information content (AvgIpc) is 2.74. The van der Waals surface area contributed by atoms with Gasteiger partial charge in [-0.15, -0.1) is 0 Å². The molecule has 0 saturated carbocycles. The van der Waals surface area contributed by atoms with Gasteiger partial charge in [0, 0.05) is 4.90 Å². The topological polar surface area (TPSA) is 37.4 Å². The molecule has 0 saturated heterocycles. The smallest absolute Gasteiger partial charge is 0.267 e. The molecule has 2 amide bonds. The summed E-state index contributed by atoms with van der Waals surface area (Å²) < 4.78 is 0.255. The highest BCUT2D eigenvalue weighted by Gasteiger charge is 2.37. The van der Waals surface area contributed by atoms with Gasteiger partial charge in [-0.05, 0) is 31.2 Å². The Labute approximate surface area is 132 Å². The van der Waals surface area contributed by atoms with Crippen molar-refractivity contribution < 1.29 is 9.59 Å². The summed E-state index contributed by atoms with van der Waals surface area (Å²) in [4.78, 5) is 26.6. The number of carbonyl (C=O) groups is 2. The molecule has 0 atom stereocenters. The number of thioether (sulfide) groups is 1. The van der Waals surface area contributed by atoms with E-state index < -0.39 is 0 Å². The maximum atomic E-state index is 12.3. The van der Waals surface area contributed by atoms with Crippen LogP contribution in [0.4, 0.5) is 0 Å². The van der Waals surface area contributed by atoms with Gasteiger partial charge in [0.25, 0.3) is 11.8 Å². The zero-order chi connectivity index (χ0) is 15.0. The van der Waals surface area contributed by atoms with Gasteiger partial charge >= 0.3 is 0 Å². The Bertz CT molecular complexity index is 718. The van der Waals surface area contributed by atoms with Crippen molar-refractivity contribution in [2.24, 2.45) is 0 Å². The molecule has 0 N–H and O–H groups in total. The Hall–Kier alpha value is -1.98. The number of benzene rings is 2. The van der Waals surface area contributed by atoms with E-state index in [1.807, 2.05) is 31.2 Å². The highest BCUT2D eigenvalue weighted by molar-refractivity contribution is 8.23. The molecule has 5 heteroatoms. The summed E-state index contributed by atoms with van der Waals surface area (Å²) in [6, 6.07) is 14.5. The minimum atomic E-state index is -0.347. The molecule has 1 aliphatic heterocycles. The maximum absolute atomic E-state index is 12.3. The molecule has 1 heterocycles. The fraction of sp³-hybridized carbons (Fsp3) is 0.0625. The van der Waals surface area contributed by atoms with E-state index in [2.05, 4.69) is 0 Å². The van der Waals surface area contributed by atoms with Crippen LogP contribution in [-0.2, 0) is 0 Å². The van der Waals surface area contributed by atoms with Crippen LogP contribution in [0.15, 0.2) is 53.4 Å². The summed E-state index contributed by atoms with van der Waals surface area (Å²) in [7, 11) is 0. The van der Waals surface area contributed by atoms with Crippen molar-refractivity contribution in [2.75, 3.05) is 0 Å². The fourth-order valence-corrected chi connectivity index (χ4v) is 3.29. The lowest BCUT2D eigenvalue weighted by molar-refractivity contribution is 0.0755. The first-order valence-electron chi connectivity index (χ1n) is 6.34. The van der Waals surface area contributed by atoms with Crippen LogP contribution in [0.25, 0.3) is 0 Å². The molecule has 2 aromatic carbocycles. The van der Waals surface area contributed by atoms with Crippen LogP contribution >= 0.6 is 24.0 Å². The van der Waals surface area contributed by atoms with E-state index >= 15 is 0 Å². The molecular weight excluding hydrogens is 302 g/mol. The van der Waals surface area contributed by atoms with E-state index in [1.165, 1.54) is 11.8 Å². The summed E-state index contributed by atoms with van der Waals surface area (Å²) in [6.07, 6.45) is 0. The van der Waals surface area contributed by atoms with Gasteiger partial charge in [0.05, 0.1) is 11.1 Å². The van der Waals surface area contributed by atoms with Gasteiger partial charge in [-0.1, -0.05) is 53.8 Å². The molecule has 2 aromatic rings. The van der Waals surface area contributed by atoms with Gasteiger partial charge in [0.2, 0.25) is 0 Å². The lowest BCUT2D eigenvalue weighted by Crippen LogP contribution is -2.32. The molecular formula is C16H11NO2S2. The Morgan fingerprint density at radius 1 is 0.952 bits per heavy atom. The predicted octanol–water partition coefficient (Wildman–Crippen LogP) is 3.67. The predicted molar refractivity (Wildman–Crippen MR) is 86.6 cm³/mol. The van der Waals surface area contributed by atoms with E-state index in [1.54, 1.807) is 24.3 Å². The Kier molecular flexibility index (Phi) is 3.61. The normalized spacial score (nSPS) is 13.5. The Balaban J connectivity index is 1.85. The van der Waals surface area contributed by atoms with E-state index in [0.29, 0.717) is 11.1 Å². The van der Waals surface area contributed by atoms with Crippen LogP contribution in [0.5, 0.6) is 0 Å². The quantitative estimate of drug-likeness (QED) is 0.457. The monoisotopic (exact) mass is 313 g/mol. The van der Waals surface area contributed by atoms with Gasteiger partial charge in [-0.3, -0.25) is 9.59 Å². The van der Waals surface area contributed by atoms with Crippen molar-refractivity contribution in [3.05, 3.63) is 65.2 Å². The zero-order valence-electron chi connectivity index (χ0n) is 11.2. The molecule has 3 nitrogen and oxygen atoms in total. The van der Waals surface area contributed by atoms with Crippen LogP contribution < -0.4 is 0 Å². The number of hydrogen-bond donors (Lipinski definition) is 0. The average molecular weight is 313 g/mol. The van der Waals surface area contributed by atoms with Gasteiger partial charge in [-0.25, -0.2) is 4.90 Å². The summed E-state index contributed by atoms with van der Waals surface area (Å²) >= 11 is 6.52. The maximum Gasteiger partial charge on any atom is 0.267 e. The lowest BCUT2D eigenvalue weighted by atomic mass is 10.1. The van der Waals surface area contributed by atoms with Crippen LogP contribution in [0, 0.1) is 6.92 Å². The van der Waals surface area contributed by atoms with E-state index in [-0.39, 0.29) is 16.1 Å². The Morgan fingerprint density at radius 2 is 1.48 bits per heavy atom. The minimum Gasteiger partial charge on any atom is -0.268 e. The number of aryl methyl sites for hydroxylation is 1. The van der Waals surface area contributed by atoms with Crippen molar-refractivity contribution in [2.45, 2.75) is 11.8 Å². The number of fused-ring (bicyclic) bond motifs is 1. The van der Waals surface area contributed by atoms with Crippen molar-refractivity contribution in [3.63, 3.8) is 0 Å². The van der Waals surface area contributed by atoms with Gasteiger partial charge < -0.3 is 0 Å². The van der Waals surface area contributed by atoms with Crippen molar-refractivity contribution in [1.82, 2.24) is 4.90 Å². The minimum absolute atomic E-state index is 0.255. The molecule has 104 valence electrons. The molecule has 3 rings (SSSR count). The SMILES string of the molecule is Cc1ccc(SC(=S)N2C(=O)c3ccccc3C2=O)cc1. The summed E-state index contributed by atoms with van der Waals surface area (Å²) in [5, 5.41) is 0. The number of rotatable bonds is 1. The van der Waals surface area contributed by atoms with Crippen LogP contribution in [0.1, 0.15) is 26.3 Å². The molecule has 0 spiro atoms. The number of hydrogen-bond acceptors (Lipinski definition) is 4. The van der Waals surface area contributed by atoms with Gasteiger partial charge in [-0.2, -0.15) is 0 Å². The standard InChI is InChI=1S/C16H11NO2S2/c1-10-6-8-11(9-7-10)21-16(20)17-14(18)12-4-2-3-5-13(12)15(17)19/h2-9H,1H3. The third kappa shape index (κ3) is 2.50. The zero-order valence-corrected chi connectivity index (χ0v) is 12.8. The second kappa shape index (κ2) is 5.42. The number of nitrogens with zero attached hydrogens (tertiary/aromatic N) is 1. The first-order chi connectivity index (χ1) is 10.1. The lowest BCUT2D eigenvalue weighted by Gasteiger charge is -2.14. The molecule has 0 fully saturated rings. The Morgan fingerprint density at radius 3 is 2.00 bits per heavy atom. The molecule has 0 radical (unpaired) electrons. The number of amides is 2. The second-order valence-electron chi connectivity index (χ2n) is 4.67. The number of imide groups is 1. The molecule has 21 heavy (non-hydrogen) atoms. The highest BCUT2D eigenvalue weighted by Crippen LogP contribution is 2.29. The molecule has 1 aliphatic rings. The van der Waals surface area contributed by atoms with Gasteiger partial charge in [0.1, 0.15) is 0 Å². The second-order valence-corrected chi connectivity index (χ2v) is 6.38. The van der Waals surface area contributed by atoms with Gasteiger partial charge in [0.15, 0.2) is 4.32 Å². The van der Waals surface area contributed by atoms with Crippen LogP contribution in [0.2, 0.25) is 0 Å². The van der Waals surface area contributed by atoms with Crippen molar-refractivity contribution >= 4 is 40.1 Å². The largest absolute Gasteiger partial charge is 0.268 e. The fourth-order valence-electron chi connectivity index (χ4n) is 2.11. The molecule has 0 bridgehead atoms. The van der Waals surface area contributed by atoms with Crippen LogP contribution in [0.3, 0.4) is 0 Å². The van der Waals surface area contributed by atoms with Crippen LogP contribution in [-0.4, -0.2) is 21.0 Å². The van der Waals surface area contributed by atoms with E-state index in [4.69, 9.17) is 12.2 Å². The van der Waals surface area contributed by atoms with Crippen molar-refractivity contribution in [3.8, 4) is 0 Å². The summed E-state index contributed by atoms with van der Waals surface area (Å²) in [5.41, 5.74) is 1.97. The highest BCUT2D eigenvalue weighted by atomic mass is 32.2. The third-order valence-corrected chi connectivity index (χ3v) is 4.50. The first kappa shape index (κ1) is 14.0. The van der Waals surface area contributed by atoms with E-state index in [9.17, 15) is 9.59 Å². The molecule has 0 unspecified atom stereocenters. The summed E-state index contributed by atoms with van der Waals surface area (Å²) in [5.74, 6) is -0.694. The van der Waals surface area contributed by atoms with E-state index in [0.717, 1.165) is 15.4 Å². The summed E-state index contributed by atoms with van der Waals surface area (Å²) in [6.45, 7) is 2.00. The van der Waals surface area contributed by atoms with Crippen molar-refractivity contribution in [1.29, 1.82) is 0 Å². The molecule has 0 aliphatic carbocycles.